The molecular formula is C12H22N2O2. The van der Waals surface area contributed by atoms with Gasteiger partial charge in [0.1, 0.15) is 5.60 Å². The molecule has 0 aromatic rings. The first-order valence-electron chi connectivity index (χ1n) is 6.23. The molecule has 4 heteroatoms. The number of cyclic esters (lactones) is 1. The van der Waals surface area contributed by atoms with Gasteiger partial charge in [0.15, 0.2) is 0 Å². The van der Waals surface area contributed by atoms with Crippen molar-refractivity contribution in [2.75, 3.05) is 19.6 Å². The molecular weight excluding hydrogens is 204 g/mol. The normalized spacial score (nSPS) is 35.6. The van der Waals surface area contributed by atoms with Crippen molar-refractivity contribution in [2.45, 2.75) is 45.3 Å². The molecule has 2 atom stereocenters. The molecule has 2 saturated heterocycles. The lowest BCUT2D eigenvalue weighted by Gasteiger charge is -2.35. The van der Waals surface area contributed by atoms with E-state index >= 15 is 0 Å². The quantitative estimate of drug-likeness (QED) is 0.777. The maximum absolute atomic E-state index is 11.8. The Morgan fingerprint density at radius 1 is 1.56 bits per heavy atom. The van der Waals surface area contributed by atoms with Crippen molar-refractivity contribution in [1.82, 2.24) is 10.2 Å². The van der Waals surface area contributed by atoms with E-state index in [4.69, 9.17) is 4.74 Å². The van der Waals surface area contributed by atoms with Crippen LogP contribution in [0.1, 0.15) is 33.6 Å². The predicted molar refractivity (Wildman–Crippen MR) is 62.3 cm³/mol. The summed E-state index contributed by atoms with van der Waals surface area (Å²) in [4.78, 5) is 13.6. The minimum atomic E-state index is -0.297. The van der Waals surface area contributed by atoms with E-state index in [-0.39, 0.29) is 17.7 Å². The summed E-state index contributed by atoms with van der Waals surface area (Å²) >= 11 is 0. The maximum Gasteiger partial charge on any atom is 0.410 e. The van der Waals surface area contributed by atoms with Gasteiger partial charge in [0.25, 0.3) is 0 Å². The van der Waals surface area contributed by atoms with Crippen molar-refractivity contribution >= 4 is 6.09 Å². The zero-order valence-electron chi connectivity index (χ0n) is 10.5. The lowest BCUT2D eigenvalue weighted by atomic mass is 9.83. The van der Waals surface area contributed by atoms with Crippen LogP contribution < -0.4 is 5.32 Å². The zero-order valence-corrected chi connectivity index (χ0v) is 10.5. The van der Waals surface area contributed by atoms with Crippen LogP contribution >= 0.6 is 0 Å². The van der Waals surface area contributed by atoms with Crippen molar-refractivity contribution in [2.24, 2.45) is 5.92 Å². The van der Waals surface area contributed by atoms with Crippen molar-refractivity contribution < 1.29 is 9.53 Å². The maximum atomic E-state index is 11.8. The Hall–Kier alpha value is -0.770. The van der Waals surface area contributed by atoms with Gasteiger partial charge < -0.3 is 15.0 Å². The molecule has 4 nitrogen and oxygen atoms in total. The molecule has 2 rings (SSSR count). The lowest BCUT2D eigenvalue weighted by molar-refractivity contribution is 0.0121. The molecule has 92 valence electrons. The van der Waals surface area contributed by atoms with Crippen molar-refractivity contribution in [3.8, 4) is 0 Å². The van der Waals surface area contributed by atoms with Gasteiger partial charge in [-0.1, -0.05) is 0 Å². The third kappa shape index (κ3) is 2.03. The van der Waals surface area contributed by atoms with E-state index in [0.29, 0.717) is 5.92 Å². The van der Waals surface area contributed by atoms with E-state index in [2.05, 4.69) is 12.2 Å². The second-order valence-electron chi connectivity index (χ2n) is 5.45. The van der Waals surface area contributed by atoms with Crippen LogP contribution in [0.5, 0.6) is 0 Å². The lowest BCUT2D eigenvalue weighted by Crippen LogP contribution is -2.47. The Morgan fingerprint density at radius 2 is 2.31 bits per heavy atom. The minimum Gasteiger partial charge on any atom is -0.441 e. The third-order valence-electron chi connectivity index (χ3n) is 3.82. The van der Waals surface area contributed by atoms with Crippen molar-refractivity contribution in [3.63, 3.8) is 0 Å². The molecule has 0 aliphatic carbocycles. The molecule has 1 N–H and O–H groups in total. The zero-order chi connectivity index (χ0) is 11.8. The average Bonchev–Trinajstić information content (AvgIpc) is 2.57. The topological polar surface area (TPSA) is 41.6 Å². The van der Waals surface area contributed by atoms with E-state index in [1.165, 1.54) is 6.42 Å². The van der Waals surface area contributed by atoms with Crippen molar-refractivity contribution in [3.05, 3.63) is 0 Å². The van der Waals surface area contributed by atoms with Gasteiger partial charge in [-0.2, -0.15) is 0 Å². The van der Waals surface area contributed by atoms with E-state index in [9.17, 15) is 4.79 Å². The third-order valence-corrected chi connectivity index (χ3v) is 3.82. The SMILES string of the molecule is CC(C)N1CC(C)(C2CCCNC2)OC1=O. The first kappa shape index (κ1) is 11.7. The van der Waals surface area contributed by atoms with Gasteiger partial charge in [0, 0.05) is 18.5 Å². The summed E-state index contributed by atoms with van der Waals surface area (Å²) in [5.74, 6) is 0.453. The average molecular weight is 226 g/mol. The van der Waals surface area contributed by atoms with E-state index < -0.39 is 0 Å². The van der Waals surface area contributed by atoms with Crippen LogP contribution in [0.4, 0.5) is 4.79 Å². The fraction of sp³-hybridized carbons (Fsp3) is 0.917. The predicted octanol–water partition coefficient (Wildman–Crippen LogP) is 1.61. The van der Waals surface area contributed by atoms with Crippen LogP contribution in [-0.2, 0) is 4.74 Å². The molecule has 1 amide bonds. The molecule has 2 aliphatic rings. The molecule has 0 saturated carbocycles. The summed E-state index contributed by atoms with van der Waals surface area (Å²) in [6.07, 6.45) is 2.19. The van der Waals surface area contributed by atoms with Gasteiger partial charge >= 0.3 is 6.09 Å². The number of hydrogen-bond donors (Lipinski definition) is 1. The molecule has 16 heavy (non-hydrogen) atoms. The highest BCUT2D eigenvalue weighted by Crippen LogP contribution is 2.34. The van der Waals surface area contributed by atoms with Crippen LogP contribution in [0.3, 0.4) is 0 Å². The van der Waals surface area contributed by atoms with Crippen LogP contribution in [0.15, 0.2) is 0 Å². The van der Waals surface area contributed by atoms with Gasteiger partial charge in [0.05, 0.1) is 6.54 Å². The number of carbonyl (C=O) groups excluding carboxylic acids is 1. The van der Waals surface area contributed by atoms with Gasteiger partial charge in [-0.25, -0.2) is 4.79 Å². The highest BCUT2D eigenvalue weighted by Gasteiger charge is 2.47. The second-order valence-corrected chi connectivity index (χ2v) is 5.45. The van der Waals surface area contributed by atoms with Gasteiger partial charge in [-0.05, 0) is 40.2 Å². The highest BCUT2D eigenvalue weighted by molar-refractivity contribution is 5.71. The number of nitrogens with one attached hydrogen (secondary N) is 1. The van der Waals surface area contributed by atoms with E-state index in [1.54, 1.807) is 0 Å². The summed E-state index contributed by atoms with van der Waals surface area (Å²) in [5, 5.41) is 3.39. The number of amides is 1. The molecule has 0 aromatic carbocycles. The fourth-order valence-electron chi connectivity index (χ4n) is 2.67. The Labute approximate surface area is 97.3 Å². The number of ether oxygens (including phenoxy) is 1. The smallest absolute Gasteiger partial charge is 0.410 e. The number of carbonyl (C=O) groups is 1. The molecule has 2 aliphatic heterocycles. The van der Waals surface area contributed by atoms with Crippen molar-refractivity contribution in [1.29, 1.82) is 0 Å². The van der Waals surface area contributed by atoms with E-state index in [0.717, 1.165) is 26.1 Å². The molecule has 0 radical (unpaired) electrons. The molecule has 2 heterocycles. The molecule has 2 fully saturated rings. The summed E-state index contributed by atoms with van der Waals surface area (Å²) < 4.78 is 5.61. The van der Waals surface area contributed by atoms with E-state index in [1.807, 2.05) is 18.7 Å². The summed E-state index contributed by atoms with van der Waals surface area (Å²) in [6.45, 7) is 8.93. The second kappa shape index (κ2) is 4.24. The summed E-state index contributed by atoms with van der Waals surface area (Å²) in [7, 11) is 0. The van der Waals surface area contributed by atoms with Crippen LogP contribution in [0.25, 0.3) is 0 Å². The number of rotatable bonds is 2. The molecule has 0 bridgehead atoms. The Bertz CT molecular complexity index is 274. The Morgan fingerprint density at radius 3 is 2.81 bits per heavy atom. The van der Waals surface area contributed by atoms with Gasteiger partial charge in [-0.15, -0.1) is 0 Å². The number of piperidine rings is 1. The Kier molecular flexibility index (Phi) is 3.10. The molecule has 0 aromatic heterocycles. The van der Waals surface area contributed by atoms with Gasteiger partial charge in [-0.3, -0.25) is 0 Å². The standard InChI is InChI=1S/C12H22N2O2/c1-9(2)14-8-12(3,16-11(14)15)10-5-4-6-13-7-10/h9-10,13H,4-8H2,1-3H3. The van der Waals surface area contributed by atoms with Crippen LogP contribution in [0.2, 0.25) is 0 Å². The first-order valence-corrected chi connectivity index (χ1v) is 6.23. The minimum absolute atomic E-state index is 0.150. The largest absolute Gasteiger partial charge is 0.441 e. The van der Waals surface area contributed by atoms with Crippen LogP contribution in [-0.4, -0.2) is 42.3 Å². The van der Waals surface area contributed by atoms with Crippen LogP contribution in [0, 0.1) is 5.92 Å². The monoisotopic (exact) mass is 226 g/mol. The Balaban J connectivity index is 2.06. The fourth-order valence-corrected chi connectivity index (χ4v) is 2.67. The highest BCUT2D eigenvalue weighted by atomic mass is 16.6. The number of hydrogen-bond acceptors (Lipinski definition) is 3. The molecule has 0 spiro atoms. The number of nitrogens with zero attached hydrogens (tertiary/aromatic N) is 1. The summed E-state index contributed by atoms with van der Waals surface area (Å²) in [5.41, 5.74) is -0.297. The van der Waals surface area contributed by atoms with Gasteiger partial charge in [0.2, 0.25) is 0 Å². The first-order chi connectivity index (χ1) is 7.53. The molecule has 2 unspecified atom stereocenters. The summed E-state index contributed by atoms with van der Waals surface area (Å²) in [6, 6.07) is 0.228.